The summed E-state index contributed by atoms with van der Waals surface area (Å²) in [6.07, 6.45) is 2.97. The van der Waals surface area contributed by atoms with E-state index in [1.807, 2.05) is 18.3 Å². The summed E-state index contributed by atoms with van der Waals surface area (Å²) in [6, 6.07) is 12.5. The lowest BCUT2D eigenvalue weighted by Gasteiger charge is -2.11. The van der Waals surface area contributed by atoms with Gasteiger partial charge in [-0.3, -0.25) is 4.99 Å². The molecular formula is C20H25IN4OS. The molecule has 3 aromatic rings. The van der Waals surface area contributed by atoms with Crippen molar-refractivity contribution in [3.8, 4) is 5.75 Å². The largest absolute Gasteiger partial charge is 0.497 e. The molecule has 0 aliphatic carbocycles. The minimum Gasteiger partial charge on any atom is -0.497 e. The first-order valence-electron chi connectivity index (χ1n) is 8.66. The fourth-order valence-corrected chi connectivity index (χ4v) is 3.47. The van der Waals surface area contributed by atoms with E-state index in [4.69, 9.17) is 4.74 Å². The van der Waals surface area contributed by atoms with Gasteiger partial charge in [0, 0.05) is 24.7 Å². The van der Waals surface area contributed by atoms with E-state index in [2.05, 4.69) is 51.8 Å². The van der Waals surface area contributed by atoms with Crippen LogP contribution in [0.2, 0.25) is 0 Å². The van der Waals surface area contributed by atoms with Gasteiger partial charge in [0.1, 0.15) is 10.8 Å². The molecule has 0 atom stereocenters. The van der Waals surface area contributed by atoms with Crippen molar-refractivity contribution in [3.63, 3.8) is 0 Å². The number of aromatic nitrogens is 1. The van der Waals surface area contributed by atoms with Crippen molar-refractivity contribution in [1.82, 2.24) is 15.6 Å². The zero-order chi connectivity index (χ0) is 18.4. The number of aliphatic imine (C=N–C) groups is 1. The van der Waals surface area contributed by atoms with Crippen LogP contribution in [0.5, 0.6) is 5.75 Å². The Morgan fingerprint density at radius 1 is 1.11 bits per heavy atom. The first kappa shape index (κ1) is 21.4. The van der Waals surface area contributed by atoms with Crippen LogP contribution in [-0.4, -0.2) is 25.1 Å². The number of guanidine groups is 1. The molecule has 0 fully saturated rings. The molecule has 144 valence electrons. The van der Waals surface area contributed by atoms with Crippen LogP contribution in [0.1, 0.15) is 22.4 Å². The van der Waals surface area contributed by atoms with Crippen LogP contribution in [0.4, 0.5) is 0 Å². The molecule has 0 spiro atoms. The summed E-state index contributed by atoms with van der Waals surface area (Å²) in [5.41, 5.74) is 1.20. The molecule has 5 nitrogen and oxygen atoms in total. The lowest BCUT2D eigenvalue weighted by Crippen LogP contribution is -2.36. The number of benzene rings is 2. The van der Waals surface area contributed by atoms with E-state index in [0.717, 1.165) is 23.1 Å². The average molecular weight is 496 g/mol. The van der Waals surface area contributed by atoms with Gasteiger partial charge in [-0.15, -0.1) is 35.3 Å². The third-order valence-corrected chi connectivity index (χ3v) is 5.29. The van der Waals surface area contributed by atoms with Crippen LogP contribution in [0.3, 0.4) is 0 Å². The molecule has 2 N–H and O–H groups in total. The zero-order valence-electron chi connectivity index (χ0n) is 15.8. The number of thiazole rings is 1. The summed E-state index contributed by atoms with van der Waals surface area (Å²) < 4.78 is 5.28. The van der Waals surface area contributed by atoms with Crippen molar-refractivity contribution in [3.05, 3.63) is 58.0 Å². The Morgan fingerprint density at radius 2 is 1.85 bits per heavy atom. The monoisotopic (exact) mass is 496 g/mol. The second kappa shape index (κ2) is 10.5. The lowest BCUT2D eigenvalue weighted by molar-refractivity contribution is 0.415. The van der Waals surface area contributed by atoms with Crippen molar-refractivity contribution >= 4 is 52.0 Å². The molecule has 2 aromatic carbocycles. The number of nitrogens with zero attached hydrogens (tertiary/aromatic N) is 2. The number of hydrogen-bond acceptors (Lipinski definition) is 4. The topological polar surface area (TPSA) is 58.5 Å². The predicted octanol–water partition coefficient (Wildman–Crippen LogP) is 4.35. The van der Waals surface area contributed by atoms with Crippen molar-refractivity contribution in [1.29, 1.82) is 0 Å². The predicted molar refractivity (Wildman–Crippen MR) is 124 cm³/mol. The maximum absolute atomic E-state index is 5.28. The van der Waals surface area contributed by atoms with Crippen molar-refractivity contribution in [2.45, 2.75) is 26.4 Å². The van der Waals surface area contributed by atoms with Gasteiger partial charge in [0.25, 0.3) is 0 Å². The first-order valence-corrected chi connectivity index (χ1v) is 9.48. The summed E-state index contributed by atoms with van der Waals surface area (Å²) in [6.45, 7) is 3.53. The number of fused-ring (bicyclic) bond motifs is 1. The summed E-state index contributed by atoms with van der Waals surface area (Å²) in [4.78, 5) is 10.0. The molecule has 0 amide bonds. The second-order valence-corrected chi connectivity index (χ2v) is 7.10. The summed E-state index contributed by atoms with van der Waals surface area (Å²) in [7, 11) is 3.47. The molecule has 7 heteroatoms. The van der Waals surface area contributed by atoms with E-state index in [0.29, 0.717) is 13.1 Å². The summed E-state index contributed by atoms with van der Waals surface area (Å²) in [5.74, 6) is 1.65. The van der Waals surface area contributed by atoms with E-state index in [1.54, 1.807) is 25.5 Å². The van der Waals surface area contributed by atoms with E-state index in [1.165, 1.54) is 21.2 Å². The summed E-state index contributed by atoms with van der Waals surface area (Å²) in [5, 5.41) is 10.1. The standard InChI is InChI=1S/C20H24N4OS.HI/c1-4-18-12-22-19(26-18)13-24-20(21-2)23-11-14-5-6-16-10-17(25-3)8-7-15(16)9-14;/h5-10,12H,4,11,13H2,1-3H3,(H2,21,23,24);1H. The van der Waals surface area contributed by atoms with Gasteiger partial charge in [0.2, 0.25) is 0 Å². The van der Waals surface area contributed by atoms with Gasteiger partial charge in [-0.05, 0) is 41.0 Å². The molecule has 0 saturated heterocycles. The molecule has 0 unspecified atom stereocenters. The van der Waals surface area contributed by atoms with E-state index >= 15 is 0 Å². The Bertz CT molecular complexity index is 910. The lowest BCUT2D eigenvalue weighted by atomic mass is 10.1. The Morgan fingerprint density at radius 3 is 2.56 bits per heavy atom. The zero-order valence-corrected chi connectivity index (χ0v) is 18.9. The highest BCUT2D eigenvalue weighted by Gasteiger charge is 2.04. The SMILES string of the molecule is CCc1cnc(CNC(=NC)NCc2ccc3cc(OC)ccc3c2)s1.I. The van der Waals surface area contributed by atoms with Crippen LogP contribution in [0, 0.1) is 0 Å². The van der Waals surface area contributed by atoms with E-state index < -0.39 is 0 Å². The van der Waals surface area contributed by atoms with E-state index in [-0.39, 0.29) is 24.0 Å². The van der Waals surface area contributed by atoms with Gasteiger partial charge in [-0.2, -0.15) is 0 Å². The minimum atomic E-state index is 0. The van der Waals surface area contributed by atoms with Crippen LogP contribution in [-0.2, 0) is 19.5 Å². The van der Waals surface area contributed by atoms with Crippen molar-refractivity contribution in [2.75, 3.05) is 14.2 Å². The third kappa shape index (κ3) is 5.80. The molecule has 27 heavy (non-hydrogen) atoms. The highest BCUT2D eigenvalue weighted by molar-refractivity contribution is 14.0. The maximum atomic E-state index is 5.28. The number of halogens is 1. The highest BCUT2D eigenvalue weighted by Crippen LogP contribution is 2.21. The molecule has 0 radical (unpaired) electrons. The van der Waals surface area contributed by atoms with Crippen LogP contribution >= 0.6 is 35.3 Å². The first-order chi connectivity index (χ1) is 12.7. The maximum Gasteiger partial charge on any atom is 0.191 e. The number of aryl methyl sites for hydroxylation is 1. The smallest absolute Gasteiger partial charge is 0.191 e. The number of hydrogen-bond donors (Lipinski definition) is 2. The molecule has 1 aromatic heterocycles. The molecule has 3 rings (SSSR count). The Balaban J connectivity index is 0.00000261. The van der Waals surface area contributed by atoms with E-state index in [9.17, 15) is 0 Å². The fraction of sp³-hybridized carbons (Fsp3) is 0.300. The number of methoxy groups -OCH3 is 1. The molecular weight excluding hydrogens is 471 g/mol. The number of ether oxygens (including phenoxy) is 1. The van der Waals surface area contributed by atoms with Gasteiger partial charge in [0.05, 0.1) is 13.7 Å². The number of rotatable bonds is 6. The molecule has 1 heterocycles. The Kier molecular flexibility index (Phi) is 8.30. The normalized spacial score (nSPS) is 11.1. The van der Waals surface area contributed by atoms with Gasteiger partial charge < -0.3 is 15.4 Å². The van der Waals surface area contributed by atoms with Gasteiger partial charge >= 0.3 is 0 Å². The summed E-state index contributed by atoms with van der Waals surface area (Å²) >= 11 is 1.74. The molecule has 0 aliphatic heterocycles. The van der Waals surface area contributed by atoms with Crippen LogP contribution < -0.4 is 15.4 Å². The molecule has 0 saturated carbocycles. The Hall–Kier alpha value is -1.87. The van der Waals surface area contributed by atoms with Crippen molar-refractivity contribution < 1.29 is 4.74 Å². The quantitative estimate of drug-likeness (QED) is 0.303. The second-order valence-electron chi connectivity index (χ2n) is 5.90. The Labute approximate surface area is 181 Å². The van der Waals surface area contributed by atoms with Crippen LogP contribution in [0.15, 0.2) is 47.6 Å². The fourth-order valence-electron chi connectivity index (χ4n) is 2.67. The number of nitrogens with one attached hydrogen (secondary N) is 2. The average Bonchev–Trinajstić information content (AvgIpc) is 3.15. The highest BCUT2D eigenvalue weighted by atomic mass is 127. The van der Waals surface area contributed by atoms with Crippen molar-refractivity contribution in [2.24, 2.45) is 4.99 Å². The van der Waals surface area contributed by atoms with Gasteiger partial charge in [-0.25, -0.2) is 4.98 Å². The molecule has 0 aliphatic rings. The van der Waals surface area contributed by atoms with Gasteiger partial charge in [-0.1, -0.05) is 25.1 Å². The minimum absolute atomic E-state index is 0. The van der Waals surface area contributed by atoms with Crippen LogP contribution in [0.25, 0.3) is 10.8 Å². The third-order valence-electron chi connectivity index (χ3n) is 4.15. The van der Waals surface area contributed by atoms with Gasteiger partial charge in [0.15, 0.2) is 5.96 Å². The molecule has 0 bridgehead atoms.